The standard InChI is InChI=1S/C14H20N2O4S/c1-7-5-16(6-8(2)20-7)13-10(14(18)19-4)11(15)12(21-13)9(3)17/h7-8H,5-6,15H2,1-4H3/t7-,8+. The molecule has 1 aromatic rings. The van der Waals surface area contributed by atoms with Crippen molar-refractivity contribution in [3.63, 3.8) is 0 Å². The van der Waals surface area contributed by atoms with Crippen LogP contribution in [0.15, 0.2) is 0 Å². The molecule has 1 aliphatic heterocycles. The van der Waals surface area contributed by atoms with Gasteiger partial charge in [0.1, 0.15) is 10.6 Å². The van der Waals surface area contributed by atoms with Gasteiger partial charge in [0.05, 0.1) is 29.9 Å². The van der Waals surface area contributed by atoms with Crippen LogP contribution < -0.4 is 10.6 Å². The first-order valence-corrected chi connectivity index (χ1v) is 7.58. The van der Waals surface area contributed by atoms with E-state index >= 15 is 0 Å². The molecule has 6 nitrogen and oxygen atoms in total. The van der Waals surface area contributed by atoms with Gasteiger partial charge in [0, 0.05) is 20.0 Å². The molecular weight excluding hydrogens is 292 g/mol. The predicted molar refractivity (Wildman–Crippen MR) is 82.3 cm³/mol. The van der Waals surface area contributed by atoms with E-state index in [1.165, 1.54) is 25.4 Å². The van der Waals surface area contributed by atoms with Crippen LogP contribution in [0.2, 0.25) is 0 Å². The fourth-order valence-corrected chi connectivity index (χ4v) is 3.68. The minimum Gasteiger partial charge on any atom is -0.465 e. The number of nitrogens with zero attached hydrogens (tertiary/aromatic N) is 1. The topological polar surface area (TPSA) is 81.9 Å². The number of nitrogen functional groups attached to an aromatic ring is 1. The second-order valence-corrected chi connectivity index (χ2v) is 6.23. The maximum Gasteiger partial charge on any atom is 0.343 e. The van der Waals surface area contributed by atoms with Crippen LogP contribution in [-0.4, -0.2) is 44.2 Å². The van der Waals surface area contributed by atoms with Gasteiger partial charge in [-0.15, -0.1) is 11.3 Å². The molecule has 0 spiro atoms. The first-order chi connectivity index (χ1) is 9.85. The summed E-state index contributed by atoms with van der Waals surface area (Å²) in [5, 5.41) is 0.687. The highest BCUT2D eigenvalue weighted by molar-refractivity contribution is 7.19. The lowest BCUT2D eigenvalue weighted by atomic mass is 10.1. The van der Waals surface area contributed by atoms with Crippen molar-refractivity contribution in [2.24, 2.45) is 0 Å². The second-order valence-electron chi connectivity index (χ2n) is 5.24. The number of hydrogen-bond donors (Lipinski definition) is 1. The molecule has 0 amide bonds. The molecule has 0 aromatic carbocycles. The molecule has 1 saturated heterocycles. The molecule has 0 radical (unpaired) electrons. The van der Waals surface area contributed by atoms with Gasteiger partial charge in [-0.2, -0.15) is 0 Å². The lowest BCUT2D eigenvalue weighted by molar-refractivity contribution is -0.00511. The molecule has 2 heterocycles. The fraction of sp³-hybridized carbons (Fsp3) is 0.571. The first kappa shape index (κ1) is 15.8. The van der Waals surface area contributed by atoms with E-state index in [-0.39, 0.29) is 29.2 Å². The van der Waals surface area contributed by atoms with Gasteiger partial charge >= 0.3 is 5.97 Å². The third kappa shape index (κ3) is 3.03. The Morgan fingerprint density at radius 2 is 1.90 bits per heavy atom. The second kappa shape index (κ2) is 6.03. The zero-order valence-corrected chi connectivity index (χ0v) is 13.5. The molecular formula is C14H20N2O4S. The number of hydrogen-bond acceptors (Lipinski definition) is 7. The van der Waals surface area contributed by atoms with Gasteiger partial charge in [0.15, 0.2) is 5.78 Å². The number of Topliss-reactive ketones (excluding diaryl/α,β-unsaturated/α-hetero) is 1. The number of thiophene rings is 1. The van der Waals surface area contributed by atoms with E-state index in [1.54, 1.807) is 0 Å². The monoisotopic (exact) mass is 312 g/mol. The van der Waals surface area contributed by atoms with E-state index in [9.17, 15) is 9.59 Å². The highest BCUT2D eigenvalue weighted by atomic mass is 32.1. The maximum atomic E-state index is 12.0. The molecule has 0 saturated carbocycles. The van der Waals surface area contributed by atoms with Crippen molar-refractivity contribution in [1.82, 2.24) is 0 Å². The van der Waals surface area contributed by atoms with Crippen molar-refractivity contribution < 1.29 is 19.1 Å². The molecule has 7 heteroatoms. The fourth-order valence-electron chi connectivity index (χ4n) is 2.56. The molecule has 1 fully saturated rings. The van der Waals surface area contributed by atoms with E-state index in [2.05, 4.69) is 0 Å². The number of anilines is 2. The van der Waals surface area contributed by atoms with E-state index in [0.717, 1.165) is 0 Å². The summed E-state index contributed by atoms with van der Waals surface area (Å²) in [7, 11) is 1.31. The number of nitrogens with two attached hydrogens (primary N) is 1. The number of carbonyl (C=O) groups excluding carboxylic acids is 2. The molecule has 2 N–H and O–H groups in total. The number of rotatable bonds is 3. The molecule has 0 unspecified atom stereocenters. The molecule has 0 aliphatic carbocycles. The third-order valence-corrected chi connectivity index (χ3v) is 4.71. The predicted octanol–water partition coefficient (Wildman–Crippen LogP) is 1.93. The van der Waals surface area contributed by atoms with Crippen LogP contribution in [0, 0.1) is 0 Å². The van der Waals surface area contributed by atoms with Gasteiger partial charge in [-0.05, 0) is 13.8 Å². The van der Waals surface area contributed by atoms with Crippen molar-refractivity contribution in [2.75, 3.05) is 30.8 Å². The Kier molecular flexibility index (Phi) is 4.53. The normalized spacial score (nSPS) is 22.2. The smallest absolute Gasteiger partial charge is 0.343 e. The van der Waals surface area contributed by atoms with Gasteiger partial charge in [-0.1, -0.05) is 0 Å². The number of carbonyl (C=O) groups is 2. The highest BCUT2D eigenvalue weighted by Crippen LogP contribution is 2.40. The minimum absolute atomic E-state index is 0.0448. The summed E-state index contributed by atoms with van der Waals surface area (Å²) in [4.78, 5) is 26.2. The van der Waals surface area contributed by atoms with E-state index in [1.807, 2.05) is 18.7 Å². The Labute approximate surface area is 127 Å². The maximum absolute atomic E-state index is 12.0. The largest absolute Gasteiger partial charge is 0.465 e. The lowest BCUT2D eigenvalue weighted by Crippen LogP contribution is -2.45. The first-order valence-electron chi connectivity index (χ1n) is 6.77. The number of ketones is 1. The quantitative estimate of drug-likeness (QED) is 0.678. The number of morpholine rings is 1. The molecule has 1 aliphatic rings. The van der Waals surface area contributed by atoms with Crippen LogP contribution in [0.3, 0.4) is 0 Å². The Morgan fingerprint density at radius 1 is 1.33 bits per heavy atom. The van der Waals surface area contributed by atoms with Crippen LogP contribution in [-0.2, 0) is 9.47 Å². The summed E-state index contributed by atoms with van der Waals surface area (Å²) in [6, 6.07) is 0. The van der Waals surface area contributed by atoms with Gasteiger partial charge in [-0.3, -0.25) is 4.79 Å². The molecule has 0 bridgehead atoms. The minimum atomic E-state index is -0.516. The number of ether oxygens (including phenoxy) is 2. The molecule has 21 heavy (non-hydrogen) atoms. The van der Waals surface area contributed by atoms with Crippen molar-refractivity contribution in [1.29, 1.82) is 0 Å². The van der Waals surface area contributed by atoms with Gasteiger partial charge < -0.3 is 20.1 Å². The van der Waals surface area contributed by atoms with Crippen LogP contribution in [0.5, 0.6) is 0 Å². The van der Waals surface area contributed by atoms with Crippen molar-refractivity contribution in [3.05, 3.63) is 10.4 Å². The summed E-state index contributed by atoms with van der Waals surface area (Å²) < 4.78 is 10.5. The van der Waals surface area contributed by atoms with E-state index in [0.29, 0.717) is 23.0 Å². The van der Waals surface area contributed by atoms with Crippen LogP contribution in [0.4, 0.5) is 10.7 Å². The molecule has 116 valence electrons. The zero-order chi connectivity index (χ0) is 15.7. The lowest BCUT2D eigenvalue weighted by Gasteiger charge is -2.36. The van der Waals surface area contributed by atoms with Crippen molar-refractivity contribution in [2.45, 2.75) is 33.0 Å². The molecule has 2 atom stereocenters. The number of methoxy groups -OCH3 is 1. The van der Waals surface area contributed by atoms with Crippen LogP contribution >= 0.6 is 11.3 Å². The molecule has 1 aromatic heterocycles. The highest BCUT2D eigenvalue weighted by Gasteiger charge is 2.31. The SMILES string of the molecule is COC(=O)c1c(N2C[C@@H](C)O[C@@H](C)C2)sc(C(C)=O)c1N. The summed E-state index contributed by atoms with van der Waals surface area (Å²) >= 11 is 1.24. The van der Waals surface area contributed by atoms with E-state index in [4.69, 9.17) is 15.2 Å². The van der Waals surface area contributed by atoms with Crippen LogP contribution in [0.25, 0.3) is 0 Å². The zero-order valence-electron chi connectivity index (χ0n) is 12.6. The van der Waals surface area contributed by atoms with Gasteiger partial charge in [0.2, 0.25) is 0 Å². The van der Waals surface area contributed by atoms with Crippen molar-refractivity contribution >= 4 is 33.8 Å². The average Bonchev–Trinajstić information content (AvgIpc) is 2.74. The van der Waals surface area contributed by atoms with Crippen molar-refractivity contribution in [3.8, 4) is 0 Å². The summed E-state index contributed by atoms with van der Waals surface area (Å²) in [5.41, 5.74) is 6.48. The summed E-state index contributed by atoms with van der Waals surface area (Å²) in [6.07, 6.45) is 0.0895. The van der Waals surface area contributed by atoms with Gasteiger partial charge in [0.25, 0.3) is 0 Å². The van der Waals surface area contributed by atoms with Crippen LogP contribution in [0.1, 0.15) is 40.8 Å². The Bertz CT molecular complexity index is 560. The van der Waals surface area contributed by atoms with E-state index < -0.39 is 5.97 Å². The Morgan fingerprint density at radius 3 is 2.38 bits per heavy atom. The Hall–Kier alpha value is -1.60. The van der Waals surface area contributed by atoms with Gasteiger partial charge in [-0.25, -0.2) is 4.79 Å². The Balaban J connectivity index is 2.48. The summed E-state index contributed by atoms with van der Waals surface area (Å²) in [6.45, 7) is 6.68. The summed E-state index contributed by atoms with van der Waals surface area (Å²) in [5.74, 6) is -0.665. The molecule has 2 rings (SSSR count). The number of esters is 1. The average molecular weight is 312 g/mol. The third-order valence-electron chi connectivity index (χ3n) is 3.34.